The molecule has 0 aliphatic carbocycles. The first kappa shape index (κ1) is 28.3. The molecule has 0 saturated heterocycles. The number of esters is 1. The first-order valence-corrected chi connectivity index (χ1v) is 12.9. The van der Waals surface area contributed by atoms with Gasteiger partial charge in [-0.05, 0) is 42.3 Å². The molecule has 0 unspecified atom stereocenters. The van der Waals surface area contributed by atoms with Crippen molar-refractivity contribution >= 4 is 46.0 Å². The Balaban J connectivity index is 1.51. The van der Waals surface area contributed by atoms with Crippen molar-refractivity contribution in [2.45, 2.75) is 32.5 Å². The number of halogens is 1. The van der Waals surface area contributed by atoms with Crippen LogP contribution in [0.25, 0.3) is 10.9 Å². The average Bonchev–Trinajstić information content (AvgIpc) is 2.96. The third kappa shape index (κ3) is 6.47. The molecule has 206 valence electrons. The topological polar surface area (TPSA) is 128 Å². The van der Waals surface area contributed by atoms with Gasteiger partial charge in [-0.25, -0.2) is 9.59 Å². The van der Waals surface area contributed by atoms with Gasteiger partial charge in [-0.1, -0.05) is 54.1 Å². The van der Waals surface area contributed by atoms with Crippen molar-refractivity contribution in [1.29, 1.82) is 0 Å². The Labute approximate surface area is 234 Å². The van der Waals surface area contributed by atoms with Gasteiger partial charge in [0.25, 0.3) is 5.56 Å². The van der Waals surface area contributed by atoms with Crippen LogP contribution in [0.4, 0.5) is 5.69 Å². The van der Waals surface area contributed by atoms with E-state index in [0.29, 0.717) is 10.5 Å². The molecule has 4 rings (SSSR count). The number of carbonyl (C=O) groups is 3. The number of benzene rings is 3. The van der Waals surface area contributed by atoms with E-state index in [1.165, 1.54) is 17.7 Å². The minimum Gasteiger partial charge on any atom is -0.465 e. The maximum absolute atomic E-state index is 13.4. The molecule has 0 aliphatic rings. The van der Waals surface area contributed by atoms with Crippen molar-refractivity contribution in [2.75, 3.05) is 12.4 Å². The third-order valence-electron chi connectivity index (χ3n) is 6.26. The summed E-state index contributed by atoms with van der Waals surface area (Å²) in [6.07, 6.45) is 0.300. The second-order valence-electron chi connectivity index (χ2n) is 8.90. The Hall–Kier alpha value is -4.70. The van der Waals surface area contributed by atoms with Gasteiger partial charge in [-0.3, -0.25) is 23.5 Å². The number of fused-ring (bicyclic) bond motifs is 1. The van der Waals surface area contributed by atoms with Gasteiger partial charge in [0, 0.05) is 24.5 Å². The summed E-state index contributed by atoms with van der Waals surface area (Å²) >= 11 is 6.12. The van der Waals surface area contributed by atoms with Crippen LogP contribution >= 0.6 is 11.6 Å². The molecule has 0 spiro atoms. The summed E-state index contributed by atoms with van der Waals surface area (Å²) in [7, 11) is 1.23. The van der Waals surface area contributed by atoms with Gasteiger partial charge in [0.1, 0.15) is 6.54 Å². The number of nitrogens with zero attached hydrogens (tertiary/aromatic N) is 2. The molecule has 3 aromatic carbocycles. The molecular weight excluding hydrogens is 536 g/mol. The molecule has 1 aromatic heterocycles. The van der Waals surface area contributed by atoms with E-state index in [9.17, 15) is 24.0 Å². The van der Waals surface area contributed by atoms with Crippen LogP contribution in [0.15, 0.2) is 82.4 Å². The summed E-state index contributed by atoms with van der Waals surface area (Å²) in [6.45, 7) is -0.169. The lowest BCUT2D eigenvalue weighted by atomic mass is 10.2. The SMILES string of the molecule is COC(=O)c1ccccc1NC(=O)Cn1c(=O)n(CCCC(=O)NCc2ccccc2Cl)c(=O)c2ccccc21. The third-order valence-corrected chi connectivity index (χ3v) is 6.63. The number of carbonyl (C=O) groups excluding carboxylic acids is 3. The largest absolute Gasteiger partial charge is 0.465 e. The van der Waals surface area contributed by atoms with Crippen LogP contribution in [0.3, 0.4) is 0 Å². The van der Waals surface area contributed by atoms with Crippen LogP contribution in [0.5, 0.6) is 0 Å². The molecular formula is C29H27ClN4O6. The Bertz CT molecular complexity index is 1690. The number of rotatable bonds is 10. The van der Waals surface area contributed by atoms with Crippen molar-refractivity contribution in [2.24, 2.45) is 0 Å². The molecule has 0 bridgehead atoms. The number of nitrogens with one attached hydrogen (secondary N) is 2. The highest BCUT2D eigenvalue weighted by Crippen LogP contribution is 2.17. The number of aromatic nitrogens is 2. The van der Waals surface area contributed by atoms with E-state index in [0.717, 1.165) is 10.1 Å². The Kier molecular flexibility index (Phi) is 9.13. The number of anilines is 1. The predicted octanol–water partition coefficient (Wildman–Crippen LogP) is 3.34. The Morgan fingerprint density at radius 1 is 0.875 bits per heavy atom. The molecule has 0 radical (unpaired) electrons. The maximum Gasteiger partial charge on any atom is 0.339 e. The summed E-state index contributed by atoms with van der Waals surface area (Å²) < 4.78 is 6.99. The molecule has 0 saturated carbocycles. The Morgan fingerprint density at radius 3 is 2.35 bits per heavy atom. The number of methoxy groups -OCH3 is 1. The molecule has 40 heavy (non-hydrogen) atoms. The van der Waals surface area contributed by atoms with Crippen molar-refractivity contribution in [3.63, 3.8) is 0 Å². The van der Waals surface area contributed by atoms with Crippen molar-refractivity contribution < 1.29 is 19.1 Å². The molecule has 0 atom stereocenters. The number of ether oxygens (including phenoxy) is 1. The molecule has 2 N–H and O–H groups in total. The first-order chi connectivity index (χ1) is 19.3. The molecule has 1 heterocycles. The zero-order valence-electron chi connectivity index (χ0n) is 21.7. The average molecular weight is 563 g/mol. The lowest BCUT2D eigenvalue weighted by Gasteiger charge is -2.15. The lowest BCUT2D eigenvalue weighted by Crippen LogP contribution is -2.42. The fraction of sp³-hybridized carbons (Fsp3) is 0.207. The van der Waals surface area contributed by atoms with Crippen LogP contribution in [0.1, 0.15) is 28.8 Å². The normalized spacial score (nSPS) is 10.8. The monoisotopic (exact) mass is 562 g/mol. The smallest absolute Gasteiger partial charge is 0.339 e. The quantitative estimate of drug-likeness (QED) is 0.285. The van der Waals surface area contributed by atoms with E-state index < -0.39 is 29.7 Å². The van der Waals surface area contributed by atoms with Crippen molar-refractivity contribution in [3.05, 3.63) is 110 Å². The molecule has 2 amide bonds. The minimum absolute atomic E-state index is 0.0190. The van der Waals surface area contributed by atoms with Crippen LogP contribution in [0, 0.1) is 0 Å². The van der Waals surface area contributed by atoms with E-state index >= 15 is 0 Å². The highest BCUT2D eigenvalue weighted by molar-refractivity contribution is 6.31. The molecule has 10 nitrogen and oxygen atoms in total. The van der Waals surface area contributed by atoms with E-state index in [4.69, 9.17) is 16.3 Å². The van der Waals surface area contributed by atoms with E-state index in [-0.39, 0.29) is 48.5 Å². The van der Waals surface area contributed by atoms with E-state index in [2.05, 4.69) is 10.6 Å². The molecule has 0 fully saturated rings. The van der Waals surface area contributed by atoms with Gasteiger partial charge in [0.15, 0.2) is 0 Å². The van der Waals surface area contributed by atoms with Crippen LogP contribution < -0.4 is 21.9 Å². The number of hydrogen-bond donors (Lipinski definition) is 2. The van der Waals surface area contributed by atoms with Crippen LogP contribution in [0.2, 0.25) is 5.02 Å². The van der Waals surface area contributed by atoms with Gasteiger partial charge < -0.3 is 15.4 Å². The van der Waals surface area contributed by atoms with Crippen molar-refractivity contribution in [1.82, 2.24) is 14.5 Å². The zero-order chi connectivity index (χ0) is 28.6. The highest BCUT2D eigenvalue weighted by Gasteiger charge is 2.18. The Morgan fingerprint density at radius 2 is 1.57 bits per heavy atom. The molecule has 0 aliphatic heterocycles. The summed E-state index contributed by atoms with van der Waals surface area (Å²) in [6, 6.07) is 20.0. The fourth-order valence-corrected chi connectivity index (χ4v) is 4.46. The first-order valence-electron chi connectivity index (χ1n) is 12.5. The zero-order valence-corrected chi connectivity index (χ0v) is 22.4. The second-order valence-corrected chi connectivity index (χ2v) is 9.31. The highest BCUT2D eigenvalue weighted by atomic mass is 35.5. The van der Waals surface area contributed by atoms with Crippen molar-refractivity contribution in [3.8, 4) is 0 Å². The number of para-hydroxylation sites is 2. The van der Waals surface area contributed by atoms with E-state index in [1.807, 2.05) is 12.1 Å². The summed E-state index contributed by atoms with van der Waals surface area (Å²) in [5.41, 5.74) is 0.267. The standard InChI is InChI=1S/C29H27ClN4O6/c1-40-28(38)20-10-3-6-13-23(20)32-26(36)18-34-24-14-7-4-11-21(24)27(37)33(29(34)39)16-8-15-25(35)31-17-19-9-2-5-12-22(19)30/h2-7,9-14H,8,15-18H2,1H3,(H,31,35)(H,32,36). The van der Waals surface area contributed by atoms with Gasteiger partial charge in [0.05, 0.1) is 29.3 Å². The summed E-state index contributed by atoms with van der Waals surface area (Å²) in [4.78, 5) is 63.9. The predicted molar refractivity (Wildman–Crippen MR) is 151 cm³/mol. The summed E-state index contributed by atoms with van der Waals surface area (Å²) in [5, 5.41) is 6.23. The van der Waals surface area contributed by atoms with Gasteiger partial charge >= 0.3 is 11.7 Å². The van der Waals surface area contributed by atoms with Gasteiger partial charge in [0.2, 0.25) is 11.8 Å². The maximum atomic E-state index is 13.4. The molecule has 11 heteroatoms. The van der Waals surface area contributed by atoms with Crippen LogP contribution in [-0.2, 0) is 34.0 Å². The summed E-state index contributed by atoms with van der Waals surface area (Å²) in [5.74, 6) is -1.45. The number of amides is 2. The van der Waals surface area contributed by atoms with Gasteiger partial charge in [-0.15, -0.1) is 0 Å². The second kappa shape index (κ2) is 12.9. The van der Waals surface area contributed by atoms with E-state index in [1.54, 1.807) is 54.6 Å². The minimum atomic E-state index is -0.684. The molecule has 4 aromatic rings. The lowest BCUT2D eigenvalue weighted by molar-refractivity contribution is -0.121. The van der Waals surface area contributed by atoms with Gasteiger partial charge in [-0.2, -0.15) is 0 Å². The van der Waals surface area contributed by atoms with Crippen LogP contribution in [-0.4, -0.2) is 34.0 Å². The fourth-order valence-electron chi connectivity index (χ4n) is 4.26. The number of hydrogen-bond acceptors (Lipinski definition) is 6.